The number of aryl methyl sites for hydroxylation is 3. The molecule has 0 atom stereocenters. The van der Waals surface area contributed by atoms with Crippen LogP contribution in [0, 0.1) is 20.8 Å². The van der Waals surface area contributed by atoms with Crippen LogP contribution in [0.15, 0.2) is 52.3 Å². The minimum atomic E-state index is -0.129. The zero-order chi connectivity index (χ0) is 17.3. The van der Waals surface area contributed by atoms with Gasteiger partial charge in [-0.2, -0.15) is 0 Å². The van der Waals surface area contributed by atoms with Crippen molar-refractivity contribution in [1.29, 1.82) is 0 Å². The van der Waals surface area contributed by atoms with E-state index in [1.54, 1.807) is 17.0 Å². The van der Waals surface area contributed by atoms with Gasteiger partial charge in [-0.05, 0) is 44.5 Å². The summed E-state index contributed by atoms with van der Waals surface area (Å²) in [7, 11) is 0. The Labute approximate surface area is 145 Å². The summed E-state index contributed by atoms with van der Waals surface area (Å²) in [6.45, 7) is 5.87. The molecule has 2 aromatic carbocycles. The third kappa shape index (κ3) is 3.05. The first-order valence-electron chi connectivity index (χ1n) is 7.65. The lowest BCUT2D eigenvalue weighted by atomic mass is 10.1. The van der Waals surface area contributed by atoms with E-state index in [1.807, 2.05) is 51.1 Å². The molecule has 0 bridgehead atoms. The van der Waals surface area contributed by atoms with Crippen LogP contribution in [-0.2, 0) is 0 Å². The molecular formula is C19H18ClN3O. The van der Waals surface area contributed by atoms with Crippen molar-refractivity contribution in [2.75, 3.05) is 0 Å². The summed E-state index contributed by atoms with van der Waals surface area (Å²) in [4.78, 5) is 17.1. The van der Waals surface area contributed by atoms with Crippen molar-refractivity contribution in [2.45, 2.75) is 20.8 Å². The molecule has 1 N–H and O–H groups in total. The highest BCUT2D eigenvalue weighted by molar-refractivity contribution is 6.33. The molecule has 5 heteroatoms. The van der Waals surface area contributed by atoms with E-state index >= 15 is 0 Å². The van der Waals surface area contributed by atoms with Gasteiger partial charge in [-0.3, -0.25) is 14.9 Å². The highest BCUT2D eigenvalue weighted by Crippen LogP contribution is 2.23. The maximum Gasteiger partial charge on any atom is 0.280 e. The lowest BCUT2D eigenvalue weighted by Crippen LogP contribution is -2.18. The fourth-order valence-corrected chi connectivity index (χ4v) is 2.81. The highest BCUT2D eigenvalue weighted by Gasteiger charge is 2.12. The normalized spacial score (nSPS) is 11.3. The van der Waals surface area contributed by atoms with Crippen LogP contribution >= 0.6 is 11.6 Å². The number of nitrogens with zero attached hydrogens (tertiary/aromatic N) is 2. The van der Waals surface area contributed by atoms with Crippen molar-refractivity contribution in [3.8, 4) is 5.69 Å². The van der Waals surface area contributed by atoms with Gasteiger partial charge in [0.15, 0.2) is 0 Å². The van der Waals surface area contributed by atoms with Crippen molar-refractivity contribution in [1.82, 2.24) is 9.78 Å². The third-order valence-electron chi connectivity index (χ3n) is 3.90. The quantitative estimate of drug-likeness (QED) is 0.702. The first-order valence-corrected chi connectivity index (χ1v) is 8.03. The van der Waals surface area contributed by atoms with E-state index in [2.05, 4.69) is 16.2 Å². The average Bonchev–Trinajstić information content (AvgIpc) is 2.81. The van der Waals surface area contributed by atoms with E-state index in [9.17, 15) is 4.79 Å². The summed E-state index contributed by atoms with van der Waals surface area (Å²) in [5.74, 6) is 0. The van der Waals surface area contributed by atoms with E-state index in [1.165, 1.54) is 0 Å². The van der Waals surface area contributed by atoms with E-state index in [0.29, 0.717) is 16.3 Å². The molecule has 0 unspecified atom stereocenters. The molecule has 0 aliphatic heterocycles. The lowest BCUT2D eigenvalue weighted by Gasteiger charge is -2.06. The topological polar surface area (TPSA) is 50.1 Å². The van der Waals surface area contributed by atoms with Gasteiger partial charge in [0.2, 0.25) is 0 Å². The second kappa shape index (κ2) is 6.49. The lowest BCUT2D eigenvalue weighted by molar-refractivity contribution is 0.828. The Morgan fingerprint density at radius 1 is 1.12 bits per heavy atom. The Morgan fingerprint density at radius 3 is 2.58 bits per heavy atom. The molecule has 0 aliphatic rings. The number of H-pyrrole nitrogens is 1. The van der Waals surface area contributed by atoms with Crippen LogP contribution < -0.4 is 5.56 Å². The number of para-hydroxylation sites is 1. The second-order valence-electron chi connectivity index (χ2n) is 5.79. The first kappa shape index (κ1) is 16.3. The van der Waals surface area contributed by atoms with E-state index in [0.717, 1.165) is 22.5 Å². The number of hydrogen-bond donors (Lipinski definition) is 1. The van der Waals surface area contributed by atoms with Gasteiger partial charge in [-0.1, -0.05) is 41.4 Å². The number of aromatic amines is 1. The predicted octanol–water partition coefficient (Wildman–Crippen LogP) is 4.49. The Hall–Kier alpha value is -2.59. The Morgan fingerprint density at radius 2 is 1.88 bits per heavy atom. The number of hydrogen-bond acceptors (Lipinski definition) is 2. The molecule has 0 amide bonds. The molecule has 1 heterocycles. The highest BCUT2D eigenvalue weighted by atomic mass is 35.5. The van der Waals surface area contributed by atoms with E-state index < -0.39 is 0 Å². The van der Waals surface area contributed by atoms with Gasteiger partial charge >= 0.3 is 0 Å². The number of halogens is 1. The van der Waals surface area contributed by atoms with Gasteiger partial charge in [-0.25, -0.2) is 4.68 Å². The standard InChI is InChI=1S/C19H18ClN3O/c1-12-8-9-18(13(2)10-12)23-19(24)15(14(3)22-23)11-21-17-7-5-4-6-16(17)20/h4-11,22H,1-3H3. The first-order chi connectivity index (χ1) is 11.5. The monoisotopic (exact) mass is 339 g/mol. The van der Waals surface area contributed by atoms with E-state index in [-0.39, 0.29) is 5.56 Å². The summed E-state index contributed by atoms with van der Waals surface area (Å²) < 4.78 is 1.55. The van der Waals surface area contributed by atoms with Crippen LogP contribution in [0.1, 0.15) is 22.4 Å². The molecule has 0 saturated heterocycles. The number of aliphatic imine (C=N–C) groups is 1. The zero-order valence-corrected chi connectivity index (χ0v) is 14.6. The Bertz CT molecular complexity index is 983. The molecule has 0 spiro atoms. The third-order valence-corrected chi connectivity index (χ3v) is 4.22. The molecular weight excluding hydrogens is 322 g/mol. The van der Waals surface area contributed by atoms with Gasteiger partial charge in [-0.15, -0.1) is 0 Å². The van der Waals surface area contributed by atoms with Gasteiger partial charge in [0.05, 0.1) is 22.0 Å². The van der Waals surface area contributed by atoms with Crippen LogP contribution in [0.3, 0.4) is 0 Å². The van der Waals surface area contributed by atoms with Crippen molar-refractivity contribution >= 4 is 23.5 Å². The molecule has 3 rings (SSSR count). The summed E-state index contributed by atoms with van der Waals surface area (Å²) in [5, 5.41) is 3.67. The maximum atomic E-state index is 12.7. The minimum Gasteiger partial charge on any atom is -0.295 e. The predicted molar refractivity (Wildman–Crippen MR) is 99.3 cm³/mol. The maximum absolute atomic E-state index is 12.7. The van der Waals surface area contributed by atoms with Gasteiger partial charge < -0.3 is 0 Å². The fourth-order valence-electron chi connectivity index (χ4n) is 2.63. The molecule has 0 fully saturated rings. The van der Waals surface area contributed by atoms with Crippen LogP contribution in [-0.4, -0.2) is 16.0 Å². The van der Waals surface area contributed by atoms with Crippen LogP contribution in [0.4, 0.5) is 5.69 Å². The van der Waals surface area contributed by atoms with E-state index in [4.69, 9.17) is 11.6 Å². The molecule has 3 aromatic rings. The van der Waals surface area contributed by atoms with Gasteiger partial charge in [0.1, 0.15) is 0 Å². The molecule has 4 nitrogen and oxygen atoms in total. The van der Waals surface area contributed by atoms with Crippen molar-refractivity contribution in [2.24, 2.45) is 4.99 Å². The average molecular weight is 340 g/mol. The molecule has 0 radical (unpaired) electrons. The summed E-state index contributed by atoms with van der Waals surface area (Å²) in [6.07, 6.45) is 1.56. The zero-order valence-electron chi connectivity index (χ0n) is 13.8. The van der Waals surface area contributed by atoms with Crippen molar-refractivity contribution in [3.05, 3.63) is 80.2 Å². The van der Waals surface area contributed by atoms with Crippen molar-refractivity contribution < 1.29 is 0 Å². The number of benzene rings is 2. The molecule has 122 valence electrons. The minimum absolute atomic E-state index is 0.129. The number of rotatable bonds is 3. The largest absolute Gasteiger partial charge is 0.295 e. The molecule has 0 aliphatic carbocycles. The summed E-state index contributed by atoms with van der Waals surface area (Å²) >= 11 is 6.10. The molecule has 1 aromatic heterocycles. The second-order valence-corrected chi connectivity index (χ2v) is 6.20. The van der Waals surface area contributed by atoms with Gasteiger partial charge in [0.25, 0.3) is 5.56 Å². The van der Waals surface area contributed by atoms with Crippen LogP contribution in [0.25, 0.3) is 5.69 Å². The smallest absolute Gasteiger partial charge is 0.280 e. The number of nitrogens with one attached hydrogen (secondary N) is 1. The van der Waals surface area contributed by atoms with Crippen LogP contribution in [0.5, 0.6) is 0 Å². The fraction of sp³-hybridized carbons (Fsp3) is 0.158. The Kier molecular flexibility index (Phi) is 4.40. The summed E-state index contributed by atoms with van der Waals surface area (Å²) in [6, 6.07) is 13.3. The molecule has 0 saturated carbocycles. The van der Waals surface area contributed by atoms with Crippen LogP contribution in [0.2, 0.25) is 5.02 Å². The molecule has 24 heavy (non-hydrogen) atoms. The number of aromatic nitrogens is 2. The SMILES string of the molecule is Cc1ccc(-n2[nH]c(C)c(C=Nc3ccccc3Cl)c2=O)c(C)c1. The summed E-state index contributed by atoms with van der Waals surface area (Å²) in [5.41, 5.74) is 4.82. The van der Waals surface area contributed by atoms with Crippen molar-refractivity contribution in [3.63, 3.8) is 0 Å². The Balaban J connectivity index is 2.04. The van der Waals surface area contributed by atoms with Gasteiger partial charge in [0, 0.05) is 11.9 Å².